The Labute approximate surface area is 102 Å². The summed E-state index contributed by atoms with van der Waals surface area (Å²) in [6.07, 6.45) is 1.45. The van der Waals surface area contributed by atoms with E-state index in [4.69, 9.17) is 11.6 Å². The maximum Gasteiger partial charge on any atom is 0.121 e. The second-order valence-electron chi connectivity index (χ2n) is 3.43. The van der Waals surface area contributed by atoms with Crippen LogP contribution in [0.4, 0.5) is 0 Å². The standard InChI is InChI=1S/C11H14ClNO.ClH/c1-13(2)11(7-8-14)9-3-5-10(12)6-4-9;/h3-6,8,11H,7H2,1-2H3;1H. The van der Waals surface area contributed by atoms with Crippen LogP contribution in [0.1, 0.15) is 18.0 Å². The van der Waals surface area contributed by atoms with Crippen molar-refractivity contribution >= 4 is 30.3 Å². The summed E-state index contributed by atoms with van der Waals surface area (Å²) in [5, 5.41) is 0.720. The molecule has 0 radical (unpaired) electrons. The molecule has 0 heterocycles. The molecule has 1 rings (SSSR count). The molecule has 0 aromatic heterocycles. The Morgan fingerprint density at radius 1 is 1.33 bits per heavy atom. The first-order valence-corrected chi connectivity index (χ1v) is 4.88. The molecule has 0 aliphatic heterocycles. The summed E-state index contributed by atoms with van der Waals surface area (Å²) in [6, 6.07) is 7.74. The van der Waals surface area contributed by atoms with Gasteiger partial charge in [0.1, 0.15) is 6.29 Å². The number of halogens is 2. The molecule has 0 spiro atoms. The van der Waals surface area contributed by atoms with Crippen molar-refractivity contribution < 1.29 is 4.79 Å². The van der Waals surface area contributed by atoms with E-state index in [1.165, 1.54) is 0 Å². The van der Waals surface area contributed by atoms with E-state index in [0.717, 1.165) is 16.9 Å². The Balaban J connectivity index is 0.00000196. The molecule has 0 saturated heterocycles. The molecule has 84 valence electrons. The maximum atomic E-state index is 10.5. The minimum absolute atomic E-state index is 0. The third-order valence-electron chi connectivity index (χ3n) is 2.20. The summed E-state index contributed by atoms with van der Waals surface area (Å²) in [5.74, 6) is 0. The summed E-state index contributed by atoms with van der Waals surface area (Å²) < 4.78 is 0. The van der Waals surface area contributed by atoms with E-state index in [0.29, 0.717) is 6.42 Å². The number of carbonyl (C=O) groups excluding carboxylic acids is 1. The smallest absolute Gasteiger partial charge is 0.121 e. The Kier molecular flexibility index (Phi) is 6.57. The molecule has 1 aromatic rings. The van der Waals surface area contributed by atoms with Gasteiger partial charge in [0.05, 0.1) is 0 Å². The summed E-state index contributed by atoms with van der Waals surface area (Å²) in [5.41, 5.74) is 1.12. The molecule has 0 saturated carbocycles. The predicted molar refractivity (Wildman–Crippen MR) is 65.8 cm³/mol. The van der Waals surface area contributed by atoms with Gasteiger partial charge in [-0.25, -0.2) is 0 Å². The van der Waals surface area contributed by atoms with Crippen LogP contribution in [0.25, 0.3) is 0 Å². The summed E-state index contributed by atoms with van der Waals surface area (Å²) >= 11 is 5.79. The number of carbonyl (C=O) groups is 1. The van der Waals surface area contributed by atoms with Crippen LogP contribution in [0.15, 0.2) is 24.3 Å². The fourth-order valence-electron chi connectivity index (χ4n) is 1.42. The molecule has 0 amide bonds. The van der Waals surface area contributed by atoms with Gasteiger partial charge in [0.2, 0.25) is 0 Å². The summed E-state index contributed by atoms with van der Waals surface area (Å²) in [7, 11) is 3.92. The lowest BCUT2D eigenvalue weighted by molar-refractivity contribution is -0.108. The second-order valence-corrected chi connectivity index (χ2v) is 3.87. The highest BCUT2D eigenvalue weighted by molar-refractivity contribution is 6.30. The van der Waals surface area contributed by atoms with Gasteiger partial charge in [-0.1, -0.05) is 23.7 Å². The van der Waals surface area contributed by atoms with Gasteiger partial charge >= 0.3 is 0 Å². The highest BCUT2D eigenvalue weighted by Gasteiger charge is 2.12. The molecule has 0 aliphatic carbocycles. The van der Waals surface area contributed by atoms with E-state index in [-0.39, 0.29) is 18.4 Å². The minimum atomic E-state index is 0. The van der Waals surface area contributed by atoms with Crippen molar-refractivity contribution in [1.29, 1.82) is 0 Å². The third kappa shape index (κ3) is 4.20. The first-order chi connectivity index (χ1) is 6.65. The van der Waals surface area contributed by atoms with Crippen LogP contribution in [0.3, 0.4) is 0 Å². The molecular formula is C11H15Cl2NO. The minimum Gasteiger partial charge on any atom is -0.303 e. The molecule has 0 aliphatic rings. The zero-order valence-corrected chi connectivity index (χ0v) is 10.4. The van der Waals surface area contributed by atoms with E-state index in [1.54, 1.807) is 0 Å². The zero-order chi connectivity index (χ0) is 10.6. The number of hydrogen-bond donors (Lipinski definition) is 0. The quantitative estimate of drug-likeness (QED) is 0.763. The molecule has 1 atom stereocenters. The van der Waals surface area contributed by atoms with Crippen LogP contribution in [0.2, 0.25) is 5.02 Å². The molecule has 1 aromatic carbocycles. The van der Waals surface area contributed by atoms with Crippen LogP contribution in [0, 0.1) is 0 Å². The Morgan fingerprint density at radius 3 is 2.27 bits per heavy atom. The third-order valence-corrected chi connectivity index (χ3v) is 2.45. The molecule has 0 fully saturated rings. The second kappa shape index (κ2) is 6.83. The number of nitrogens with zero attached hydrogens (tertiary/aromatic N) is 1. The van der Waals surface area contributed by atoms with Crippen molar-refractivity contribution in [3.63, 3.8) is 0 Å². The number of rotatable bonds is 4. The topological polar surface area (TPSA) is 20.3 Å². The van der Waals surface area contributed by atoms with E-state index < -0.39 is 0 Å². The molecule has 0 N–H and O–H groups in total. The van der Waals surface area contributed by atoms with Gasteiger partial charge in [-0.3, -0.25) is 0 Å². The van der Waals surface area contributed by atoms with E-state index >= 15 is 0 Å². The van der Waals surface area contributed by atoms with E-state index in [9.17, 15) is 4.79 Å². The van der Waals surface area contributed by atoms with Gasteiger partial charge in [-0.15, -0.1) is 12.4 Å². The average Bonchev–Trinajstić information content (AvgIpc) is 2.15. The molecule has 15 heavy (non-hydrogen) atoms. The van der Waals surface area contributed by atoms with Gasteiger partial charge in [0.25, 0.3) is 0 Å². The maximum absolute atomic E-state index is 10.5. The lowest BCUT2D eigenvalue weighted by Crippen LogP contribution is -2.20. The van der Waals surface area contributed by atoms with Crippen molar-refractivity contribution in [2.24, 2.45) is 0 Å². The number of hydrogen-bond acceptors (Lipinski definition) is 2. The van der Waals surface area contributed by atoms with Crippen LogP contribution in [-0.2, 0) is 4.79 Å². The van der Waals surface area contributed by atoms with E-state index in [2.05, 4.69) is 0 Å². The van der Waals surface area contributed by atoms with Crippen molar-refractivity contribution in [1.82, 2.24) is 4.90 Å². The van der Waals surface area contributed by atoms with Crippen LogP contribution < -0.4 is 0 Å². The van der Waals surface area contributed by atoms with Gasteiger partial charge in [-0.05, 0) is 31.8 Å². The van der Waals surface area contributed by atoms with Crippen molar-refractivity contribution in [3.05, 3.63) is 34.9 Å². The predicted octanol–water partition coefficient (Wildman–Crippen LogP) is 2.95. The molecular weight excluding hydrogens is 233 g/mol. The first kappa shape index (κ1) is 14.4. The lowest BCUT2D eigenvalue weighted by Gasteiger charge is -2.22. The van der Waals surface area contributed by atoms with Crippen molar-refractivity contribution in [2.45, 2.75) is 12.5 Å². The van der Waals surface area contributed by atoms with Crippen molar-refractivity contribution in [2.75, 3.05) is 14.1 Å². The molecule has 0 bridgehead atoms. The zero-order valence-electron chi connectivity index (χ0n) is 8.81. The van der Waals surface area contributed by atoms with Crippen LogP contribution in [0.5, 0.6) is 0 Å². The SMILES string of the molecule is CN(C)C(CC=O)c1ccc(Cl)cc1.Cl. The fraction of sp³-hybridized carbons (Fsp3) is 0.364. The molecule has 2 nitrogen and oxygen atoms in total. The van der Waals surface area contributed by atoms with Crippen LogP contribution >= 0.6 is 24.0 Å². The fourth-order valence-corrected chi connectivity index (χ4v) is 1.55. The lowest BCUT2D eigenvalue weighted by atomic mass is 10.0. The Morgan fingerprint density at radius 2 is 1.87 bits per heavy atom. The first-order valence-electron chi connectivity index (χ1n) is 4.50. The number of benzene rings is 1. The highest BCUT2D eigenvalue weighted by atomic mass is 35.5. The average molecular weight is 248 g/mol. The Hall–Kier alpha value is -0.570. The highest BCUT2D eigenvalue weighted by Crippen LogP contribution is 2.22. The van der Waals surface area contributed by atoms with Crippen LogP contribution in [-0.4, -0.2) is 25.3 Å². The summed E-state index contributed by atoms with van der Waals surface area (Å²) in [6.45, 7) is 0. The van der Waals surface area contributed by atoms with Crippen molar-refractivity contribution in [3.8, 4) is 0 Å². The monoisotopic (exact) mass is 247 g/mol. The van der Waals surface area contributed by atoms with Gasteiger partial charge < -0.3 is 9.69 Å². The Bertz CT molecular complexity index is 298. The molecule has 1 unspecified atom stereocenters. The normalized spacial score (nSPS) is 12.0. The largest absolute Gasteiger partial charge is 0.303 e. The summed E-state index contributed by atoms with van der Waals surface area (Å²) in [4.78, 5) is 12.5. The van der Waals surface area contributed by atoms with Gasteiger partial charge in [0, 0.05) is 17.5 Å². The van der Waals surface area contributed by atoms with E-state index in [1.807, 2.05) is 43.3 Å². The van der Waals surface area contributed by atoms with Gasteiger partial charge in [-0.2, -0.15) is 0 Å². The number of aldehydes is 1. The molecule has 4 heteroatoms. The van der Waals surface area contributed by atoms with Gasteiger partial charge in [0.15, 0.2) is 0 Å².